The SMILES string of the molecule is Cc1cnc(Nc2cc(F)c(-c3cnn(C)c3)cn2)nc1Nc1ccc(Cl)c(NS(=O)(=O)C(C)(C)C)c1.Cc1cnc(Nc2cc(F)ncn2)nc1Nc1ccc(Cl)c(NS(=O)(=O)C(C)(C)C)c1.Cc1cnc(Nc2ccn(C3CCN(C)CC3)n2)nc1Nc1ccc(Cl)c(NS(=O)(=O)C(C)(C)C)c1.Cc1cnc(Nc2ccn(C3CCNCC3)n2)nc1Nc1ccc(Cl)c(NS(=O)(=O)C(C)(C)C)c1. The predicted molar refractivity (Wildman–Crippen MR) is 548 cm³/mol. The van der Waals surface area contributed by atoms with Gasteiger partial charge in [0.15, 0.2) is 11.6 Å². The van der Waals surface area contributed by atoms with Crippen molar-refractivity contribution in [1.29, 1.82) is 0 Å². The van der Waals surface area contributed by atoms with Gasteiger partial charge in [-0.05, 0) is 242 Å². The number of nitrogens with zero attached hydrogens (tertiary/aromatic N) is 18. The maximum Gasteiger partial charge on any atom is 0.237 e. The van der Waals surface area contributed by atoms with Gasteiger partial charge in [-0.15, -0.1) is 0 Å². The highest BCUT2D eigenvalue weighted by Gasteiger charge is 2.34. The van der Waals surface area contributed by atoms with E-state index < -0.39 is 70.8 Å². The standard InChI is InChI=1S/C24H26ClFN8O2S.C24H33ClN8O2S.C23H31ClN8O2S.C19H21ClFN7O2S/c1-14-10-28-23(31-21-9-19(26)17(12-27-21)15-11-29-34(5)13-15)32-22(14)30-16-6-7-18(25)20(8-16)33-37(35,36)24(2,3)4;1-16-15-26-23(28-21-10-13-33(30-21)18-8-11-32(5)12-9-18)29-22(16)27-17-6-7-19(25)20(14-17)31-36(34,35)24(2,3)4;1-15-14-26-22(28-20-9-12-32(30-20)17-7-10-25-11-8-17)29-21(15)27-16-5-6-18(24)19(13-16)31-35(33,34)23(2,3)4;1-11-9-22-18(26-16-8-15(21)23-10-24-16)27-17(11)25-12-5-6-13(20)14(7-12)28-31(29,30)19(2,3)4/h6-13,33H,1-5H3,(H2,27,28,30,31,32);6-7,10,13-15,18,31H,8-9,11-12H2,1-5H3,(H2,26,27,28,29,30);5-6,9,12-14,17,25,31H,7-8,10-11H2,1-4H3,(H2,26,27,28,29,30);5-10,28H,1-4H3,(H2,22,23,24,25,26,27). The third-order valence-electron chi connectivity index (χ3n) is 21.4. The van der Waals surface area contributed by atoms with Gasteiger partial charge < -0.3 is 52.8 Å². The number of anilines is 20. The van der Waals surface area contributed by atoms with Crippen LogP contribution in [0.5, 0.6) is 0 Å². The molecule has 0 radical (unpaired) electrons. The fourth-order valence-corrected chi connectivity index (χ4v) is 16.6. The van der Waals surface area contributed by atoms with Crippen LogP contribution in [0.4, 0.5) is 125 Å². The quantitative estimate of drug-likeness (QED) is 0.0213. The van der Waals surface area contributed by atoms with Gasteiger partial charge >= 0.3 is 0 Å². The summed E-state index contributed by atoms with van der Waals surface area (Å²) in [4.78, 5) is 49.1. The van der Waals surface area contributed by atoms with Gasteiger partial charge in [0.1, 0.15) is 47.1 Å². The van der Waals surface area contributed by atoms with Crippen LogP contribution in [0.25, 0.3) is 11.1 Å². The lowest BCUT2D eigenvalue weighted by Gasteiger charge is -2.28. The molecule has 13 aromatic rings. The number of likely N-dealkylation sites (tertiary alicyclic amines) is 1. The lowest BCUT2D eigenvalue weighted by atomic mass is 10.1. The number of aromatic nitrogens is 17. The molecule has 740 valence electrons. The van der Waals surface area contributed by atoms with Crippen LogP contribution in [0.2, 0.25) is 20.1 Å². The van der Waals surface area contributed by atoms with Crippen molar-refractivity contribution in [2.75, 3.05) is 94.6 Å². The Hall–Kier alpha value is -12.6. The van der Waals surface area contributed by atoms with E-state index in [1.807, 2.05) is 54.7 Å². The Morgan fingerprint density at radius 1 is 0.381 bits per heavy atom. The molecular weight excluding hydrogens is 1950 g/mol. The molecule has 11 heterocycles. The molecule has 2 saturated heterocycles. The Morgan fingerprint density at radius 2 is 0.705 bits per heavy atom. The number of benzene rings is 4. The number of aryl methyl sites for hydroxylation is 5. The van der Waals surface area contributed by atoms with E-state index in [-0.39, 0.29) is 45.0 Å². The van der Waals surface area contributed by atoms with Gasteiger partial charge in [0.05, 0.1) is 80.1 Å². The van der Waals surface area contributed by atoms with Crippen LogP contribution in [0.3, 0.4) is 0 Å². The van der Waals surface area contributed by atoms with Crippen molar-refractivity contribution in [2.45, 2.75) is 168 Å². The van der Waals surface area contributed by atoms with Crippen molar-refractivity contribution in [1.82, 2.24) is 94.4 Å². The van der Waals surface area contributed by atoms with Crippen molar-refractivity contribution >= 4 is 202 Å². The molecule has 2 aliphatic rings. The molecule has 13 N–H and O–H groups in total. The summed E-state index contributed by atoms with van der Waals surface area (Å²) in [5.74, 6) is 3.87. The zero-order valence-corrected chi connectivity index (χ0v) is 85.8. The van der Waals surface area contributed by atoms with E-state index in [0.717, 1.165) is 86.5 Å². The molecule has 2 aliphatic heterocycles. The molecule has 39 nitrogen and oxygen atoms in total. The van der Waals surface area contributed by atoms with Crippen molar-refractivity contribution in [2.24, 2.45) is 7.05 Å². The van der Waals surface area contributed by atoms with Crippen molar-refractivity contribution in [3.05, 3.63) is 213 Å². The number of sulfonamides is 4. The largest absolute Gasteiger partial charge is 0.340 e. The molecular formula is C90H111Cl4F2N31O8S4. The molecule has 9 aromatic heterocycles. The highest BCUT2D eigenvalue weighted by Crippen LogP contribution is 2.38. The Labute approximate surface area is 827 Å². The summed E-state index contributed by atoms with van der Waals surface area (Å²) in [5.41, 5.74) is 7.46. The monoisotopic (exact) mass is 2060 g/mol. The smallest absolute Gasteiger partial charge is 0.237 e. The van der Waals surface area contributed by atoms with Gasteiger partial charge in [-0.1, -0.05) is 46.4 Å². The highest BCUT2D eigenvalue weighted by molar-refractivity contribution is 7.95. The van der Waals surface area contributed by atoms with Crippen molar-refractivity contribution in [3.63, 3.8) is 0 Å². The maximum absolute atomic E-state index is 14.7. The molecule has 0 amide bonds. The number of rotatable bonds is 27. The average Bonchev–Trinajstić information content (AvgIpc) is 1.37. The minimum atomic E-state index is -3.68. The molecule has 49 heteroatoms. The minimum absolute atomic E-state index is 0.189. The summed E-state index contributed by atoms with van der Waals surface area (Å²) < 4.78 is 140. The zero-order chi connectivity index (χ0) is 101. The second-order valence-electron chi connectivity index (χ2n) is 36.6. The Balaban J connectivity index is 0.000000166. The number of hydrogen-bond donors (Lipinski definition) is 13. The molecule has 15 rings (SSSR count). The molecule has 0 bridgehead atoms. The van der Waals surface area contributed by atoms with E-state index in [0.29, 0.717) is 114 Å². The minimum Gasteiger partial charge on any atom is -0.340 e. The summed E-state index contributed by atoms with van der Waals surface area (Å²) in [6.45, 7) is 30.8. The number of hydrogen-bond acceptors (Lipinski definition) is 32. The molecule has 4 aromatic carbocycles. The summed E-state index contributed by atoms with van der Waals surface area (Å²) in [6, 6.07) is 26.7. The molecule has 0 atom stereocenters. The Morgan fingerprint density at radius 3 is 1.01 bits per heavy atom. The van der Waals surface area contributed by atoms with E-state index in [1.54, 1.807) is 212 Å². The van der Waals surface area contributed by atoms with Crippen LogP contribution in [-0.2, 0) is 47.1 Å². The van der Waals surface area contributed by atoms with Crippen LogP contribution in [-0.4, -0.2) is 175 Å². The highest BCUT2D eigenvalue weighted by atomic mass is 35.5. The van der Waals surface area contributed by atoms with E-state index in [4.69, 9.17) is 46.4 Å². The van der Waals surface area contributed by atoms with Crippen LogP contribution < -0.4 is 66.7 Å². The first-order valence-electron chi connectivity index (χ1n) is 43.6. The first-order valence-corrected chi connectivity index (χ1v) is 51.0. The number of halogens is 6. The fourth-order valence-electron chi connectivity index (χ4n) is 12.7. The normalized spacial score (nSPS) is 13.6. The first kappa shape index (κ1) is 105. The average molecular weight is 2060 g/mol. The lowest BCUT2D eigenvalue weighted by molar-refractivity contribution is 0.212. The molecule has 139 heavy (non-hydrogen) atoms. The lowest BCUT2D eigenvalue weighted by Crippen LogP contribution is -2.33. The predicted octanol–water partition coefficient (Wildman–Crippen LogP) is 19.3. The molecule has 2 fully saturated rings. The van der Waals surface area contributed by atoms with Gasteiger partial charge in [-0.3, -0.25) is 32.9 Å². The van der Waals surface area contributed by atoms with Gasteiger partial charge in [-0.25, -0.2) is 72.9 Å². The topological polar surface area (TPSA) is 491 Å². The van der Waals surface area contributed by atoms with Gasteiger partial charge in [0.25, 0.3) is 0 Å². The van der Waals surface area contributed by atoms with Gasteiger partial charge in [0.2, 0.25) is 69.8 Å². The van der Waals surface area contributed by atoms with Crippen molar-refractivity contribution in [3.8, 4) is 11.1 Å². The zero-order valence-electron chi connectivity index (χ0n) is 79.5. The Kier molecular flexibility index (Phi) is 33.2. The molecule has 0 unspecified atom stereocenters. The summed E-state index contributed by atoms with van der Waals surface area (Å²) in [6.07, 6.45) is 20.5. The second kappa shape index (κ2) is 43.8. The van der Waals surface area contributed by atoms with Gasteiger partial charge in [-0.2, -0.15) is 39.6 Å². The molecule has 0 aliphatic carbocycles. The van der Waals surface area contributed by atoms with Crippen LogP contribution in [0.1, 0.15) is 143 Å². The maximum atomic E-state index is 14.7. The summed E-state index contributed by atoms with van der Waals surface area (Å²) in [7, 11) is -10.7. The van der Waals surface area contributed by atoms with E-state index >= 15 is 0 Å². The number of piperidine rings is 2. The van der Waals surface area contributed by atoms with Gasteiger partial charge in [0, 0.05) is 137 Å². The van der Waals surface area contributed by atoms with E-state index in [9.17, 15) is 42.5 Å². The third kappa shape index (κ3) is 28.4. The second-order valence-corrected chi connectivity index (χ2v) is 48.0. The summed E-state index contributed by atoms with van der Waals surface area (Å²) >= 11 is 24.9. The molecule has 0 spiro atoms. The van der Waals surface area contributed by atoms with Crippen LogP contribution >= 0.6 is 46.4 Å². The van der Waals surface area contributed by atoms with Crippen LogP contribution in [0, 0.1) is 39.5 Å². The number of pyridine rings is 1. The summed E-state index contributed by atoms with van der Waals surface area (Å²) in [5, 5.41) is 42.6. The van der Waals surface area contributed by atoms with Crippen molar-refractivity contribution < 1.29 is 42.5 Å². The third-order valence-corrected chi connectivity index (χ3v) is 31.2. The van der Waals surface area contributed by atoms with E-state index in [2.05, 4.69) is 149 Å². The Bertz CT molecular complexity index is 7070. The fraction of sp³-hybridized carbons (Fsp3) is 0.356. The van der Waals surface area contributed by atoms with Crippen LogP contribution in [0.15, 0.2) is 159 Å². The first-order chi connectivity index (χ1) is 65.2. The van der Waals surface area contributed by atoms with E-state index in [1.165, 1.54) is 12.3 Å². The number of nitrogens with one attached hydrogen (secondary N) is 13. The molecule has 0 saturated carbocycles.